The molecule has 0 fully saturated rings. The van der Waals surface area contributed by atoms with Gasteiger partial charge in [0.05, 0.1) is 58.0 Å². The molecule has 0 saturated carbocycles. The van der Waals surface area contributed by atoms with Crippen LogP contribution >= 0.6 is 55.6 Å². The summed E-state index contributed by atoms with van der Waals surface area (Å²) in [4.78, 5) is -0.260. The van der Waals surface area contributed by atoms with Crippen LogP contribution in [-0.2, 0) is 66.4 Å². The van der Waals surface area contributed by atoms with E-state index in [1.165, 1.54) is 231 Å². The van der Waals surface area contributed by atoms with Crippen molar-refractivity contribution in [2.75, 3.05) is 39.6 Å². The van der Waals surface area contributed by atoms with E-state index in [1.54, 1.807) is 0 Å². The van der Waals surface area contributed by atoms with Gasteiger partial charge in [0.15, 0.2) is 0 Å². The van der Waals surface area contributed by atoms with E-state index in [0.717, 1.165) is 74.5 Å². The SMILES string of the molecule is CCCCCCCCCCCCCCCCOC(C(Br)CC)C(COP(=O)(OCC(OCc1ccccc1)C(OCCCCCCCCCCCCCCCC)C(Br)CC)OCC(OCc1ccccc1)C(OCCCCCCCCCCCCCCCC)C(Br)CC)OCc1ccccc1. The summed E-state index contributed by atoms with van der Waals surface area (Å²) in [5.41, 5.74) is 3.04. The molecule has 3 rings (SSSR count). The summed E-state index contributed by atoms with van der Waals surface area (Å²) >= 11 is 12.1. The first-order valence-corrected chi connectivity index (χ1v) is 46.1. The van der Waals surface area contributed by atoms with Crippen LogP contribution < -0.4 is 0 Å². The summed E-state index contributed by atoms with van der Waals surface area (Å²) in [6, 6.07) is 30.6. The number of phosphoric acid groups is 1. The van der Waals surface area contributed by atoms with Gasteiger partial charge in [-0.25, -0.2) is 4.57 Å². The summed E-state index contributed by atoms with van der Waals surface area (Å²) < 4.78 is 78.1. The number of benzene rings is 3. The van der Waals surface area contributed by atoms with Crippen LogP contribution in [0.2, 0.25) is 0 Å². The molecule has 0 aliphatic carbocycles. The highest BCUT2D eigenvalue weighted by Crippen LogP contribution is 2.51. The second kappa shape index (κ2) is 67.1. The minimum Gasteiger partial charge on any atom is -0.374 e. The number of phosphoric ester groups is 1. The van der Waals surface area contributed by atoms with Crippen LogP contribution in [-0.4, -0.2) is 90.7 Å². The molecule has 0 saturated heterocycles. The molecule has 10 nitrogen and oxygen atoms in total. The van der Waals surface area contributed by atoms with Gasteiger partial charge in [-0.15, -0.1) is 0 Å². The minimum absolute atomic E-state index is 0.0867. The van der Waals surface area contributed by atoms with Crippen molar-refractivity contribution in [2.45, 2.75) is 401 Å². The van der Waals surface area contributed by atoms with E-state index in [2.05, 4.69) is 126 Å². The lowest BCUT2D eigenvalue weighted by Gasteiger charge is -2.34. The molecule has 9 atom stereocenters. The van der Waals surface area contributed by atoms with E-state index < -0.39 is 44.4 Å². The smallest absolute Gasteiger partial charge is 0.374 e. The van der Waals surface area contributed by atoms with E-state index in [0.29, 0.717) is 39.6 Å². The van der Waals surface area contributed by atoms with Crippen molar-refractivity contribution < 1.29 is 46.6 Å². The Hall–Kier alpha value is -1.03. The first-order valence-electron chi connectivity index (χ1n) is 41.9. The summed E-state index contributed by atoms with van der Waals surface area (Å²) in [5.74, 6) is 0. The summed E-state index contributed by atoms with van der Waals surface area (Å²) in [5, 5.41) is 0. The lowest BCUT2D eigenvalue weighted by Crippen LogP contribution is -2.43. The Morgan fingerprint density at radius 1 is 0.267 bits per heavy atom. The van der Waals surface area contributed by atoms with Gasteiger partial charge in [-0.1, -0.05) is 431 Å². The molecule has 0 heterocycles. The third-order valence-corrected chi connectivity index (χ3v) is 24.8. The zero-order valence-electron chi connectivity index (χ0n) is 65.2. The Labute approximate surface area is 646 Å². The van der Waals surface area contributed by atoms with Crippen LogP contribution in [0.5, 0.6) is 0 Å². The summed E-state index contributed by atoms with van der Waals surface area (Å²) in [6.07, 6.45) is 53.1. The lowest BCUT2D eigenvalue weighted by molar-refractivity contribution is -0.116. The van der Waals surface area contributed by atoms with Gasteiger partial charge in [-0.3, -0.25) is 13.6 Å². The molecule has 14 heteroatoms. The van der Waals surface area contributed by atoms with Crippen LogP contribution in [0.25, 0.3) is 0 Å². The van der Waals surface area contributed by atoms with Crippen molar-refractivity contribution in [3.63, 3.8) is 0 Å². The average molecular weight is 1630 g/mol. The van der Waals surface area contributed by atoms with Crippen molar-refractivity contribution >= 4 is 55.6 Å². The van der Waals surface area contributed by atoms with Gasteiger partial charge >= 0.3 is 7.82 Å². The van der Waals surface area contributed by atoms with Crippen LogP contribution in [0.15, 0.2) is 91.0 Å². The van der Waals surface area contributed by atoms with E-state index in [1.807, 2.05) is 54.6 Å². The molecule has 0 radical (unpaired) electrons. The van der Waals surface area contributed by atoms with Gasteiger partial charge in [0.1, 0.15) is 18.3 Å². The zero-order valence-corrected chi connectivity index (χ0v) is 70.9. The number of halogens is 3. The number of alkyl halides is 3. The summed E-state index contributed by atoms with van der Waals surface area (Å²) in [7, 11) is -4.54. The molecule has 0 aliphatic rings. The molecule has 0 bridgehead atoms. The fourth-order valence-corrected chi connectivity index (χ4v) is 15.9. The van der Waals surface area contributed by atoms with Crippen molar-refractivity contribution in [1.82, 2.24) is 0 Å². The highest BCUT2D eigenvalue weighted by molar-refractivity contribution is 9.10. The molecule has 0 aromatic heterocycles. The van der Waals surface area contributed by atoms with Gasteiger partial charge < -0.3 is 28.4 Å². The van der Waals surface area contributed by atoms with Crippen LogP contribution in [0, 0.1) is 0 Å². The molecule has 584 valence electrons. The molecular formula is C87H150Br3O10P. The third-order valence-electron chi connectivity index (χ3n) is 19.9. The molecule has 3 aromatic rings. The molecule has 0 aliphatic heterocycles. The number of hydrogen-bond acceptors (Lipinski definition) is 10. The van der Waals surface area contributed by atoms with Crippen LogP contribution in [0.4, 0.5) is 0 Å². The van der Waals surface area contributed by atoms with Gasteiger partial charge in [-0.05, 0) is 55.2 Å². The Morgan fingerprint density at radius 2 is 0.455 bits per heavy atom. The highest BCUT2D eigenvalue weighted by Gasteiger charge is 2.40. The maximum absolute atomic E-state index is 16.3. The number of hydrogen-bond donors (Lipinski definition) is 0. The second-order valence-corrected chi connectivity index (χ2v) is 34.1. The van der Waals surface area contributed by atoms with Crippen molar-refractivity contribution in [3.05, 3.63) is 108 Å². The second-order valence-electron chi connectivity index (χ2n) is 28.9. The van der Waals surface area contributed by atoms with Gasteiger partial charge in [0.25, 0.3) is 0 Å². The fourth-order valence-electron chi connectivity index (χ4n) is 13.2. The van der Waals surface area contributed by atoms with Crippen LogP contribution in [0.3, 0.4) is 0 Å². The highest BCUT2D eigenvalue weighted by atomic mass is 79.9. The maximum atomic E-state index is 16.3. The van der Waals surface area contributed by atoms with Crippen LogP contribution in [0.1, 0.15) is 347 Å². The predicted molar refractivity (Wildman–Crippen MR) is 440 cm³/mol. The van der Waals surface area contributed by atoms with E-state index >= 15 is 4.57 Å². The Morgan fingerprint density at radius 3 is 0.644 bits per heavy atom. The van der Waals surface area contributed by atoms with Crippen molar-refractivity contribution in [1.29, 1.82) is 0 Å². The Bertz CT molecular complexity index is 2010. The number of unbranched alkanes of at least 4 members (excludes halogenated alkanes) is 39. The first kappa shape index (κ1) is 94.2. The Kier molecular flexibility index (Phi) is 62.6. The van der Waals surface area contributed by atoms with Gasteiger partial charge in [-0.2, -0.15) is 0 Å². The predicted octanol–water partition coefficient (Wildman–Crippen LogP) is 28.0. The van der Waals surface area contributed by atoms with Gasteiger partial charge in [0, 0.05) is 34.3 Å². The molecule has 0 amide bonds. The average Bonchev–Trinajstić information content (AvgIpc) is 0.893. The Balaban J connectivity index is 1.92. The molecule has 101 heavy (non-hydrogen) atoms. The van der Waals surface area contributed by atoms with Crippen molar-refractivity contribution in [3.8, 4) is 0 Å². The zero-order chi connectivity index (χ0) is 72.6. The molecule has 3 aromatic carbocycles. The molecule has 0 N–H and O–H groups in total. The normalized spacial score (nSPS) is 15.3. The minimum atomic E-state index is -4.54. The molecular weight excluding hydrogens is 1480 g/mol. The quantitative estimate of drug-likeness (QED) is 0.0309. The van der Waals surface area contributed by atoms with E-state index in [4.69, 9.17) is 42.0 Å². The maximum Gasteiger partial charge on any atom is 0.475 e. The monoisotopic (exact) mass is 1620 g/mol. The lowest BCUT2D eigenvalue weighted by atomic mass is 10.0. The summed E-state index contributed by atoms with van der Waals surface area (Å²) in [6.45, 7) is 15.5. The van der Waals surface area contributed by atoms with Crippen molar-refractivity contribution in [2.24, 2.45) is 0 Å². The fraction of sp³-hybridized carbons (Fsp3) is 0.793. The third kappa shape index (κ3) is 49.6. The standard InChI is InChI=1S/C87H150Br3O10P/c1-7-13-16-19-22-25-28-31-34-37-40-43-46-58-67-92-85(79(88)10-4)82(95-70-76-61-52-49-53-62-76)73-98-101(91,99-74-83(96-71-77-63-54-50-55-64-77)86(80(89)11-5)93-68-59-47-44-41-38-35-32-29-26-23-20-17-14-8-2)100-75-84(97-72-78-65-56-51-57-66-78)87(81(90)12-6)94-69-60-48-45-42-39-36-33-30-27-24-21-18-15-9-3/h49-57,61-66,79-87H,7-48,58-60,67-75H2,1-6H3. The topological polar surface area (TPSA) is 100 Å². The first-order chi connectivity index (χ1) is 49.6. The molecule has 0 spiro atoms. The van der Waals surface area contributed by atoms with E-state index in [9.17, 15) is 0 Å². The largest absolute Gasteiger partial charge is 0.475 e. The van der Waals surface area contributed by atoms with E-state index in [-0.39, 0.29) is 34.3 Å². The number of ether oxygens (including phenoxy) is 6. The number of rotatable bonds is 75. The molecule has 9 unspecified atom stereocenters. The van der Waals surface area contributed by atoms with Gasteiger partial charge in [0.2, 0.25) is 0 Å².